The Bertz CT molecular complexity index is 297. The van der Waals surface area contributed by atoms with E-state index in [1.54, 1.807) is 7.11 Å². The molecule has 2 heterocycles. The van der Waals surface area contributed by atoms with E-state index in [9.17, 15) is 4.79 Å². The molecule has 0 spiro atoms. The van der Waals surface area contributed by atoms with Crippen molar-refractivity contribution in [3.63, 3.8) is 0 Å². The number of ether oxygens (including phenoxy) is 2. The summed E-state index contributed by atoms with van der Waals surface area (Å²) in [6.07, 6.45) is 1.99. The number of hydrogen-bond donors (Lipinski definition) is 1. The van der Waals surface area contributed by atoms with Crippen LogP contribution in [0.4, 0.5) is 0 Å². The molecule has 0 aromatic rings. The molecule has 2 aliphatic rings. The fourth-order valence-electron chi connectivity index (χ4n) is 2.62. The minimum Gasteiger partial charge on any atom is -0.379 e. The van der Waals surface area contributed by atoms with Gasteiger partial charge in [-0.15, -0.1) is 0 Å². The molecular formula is C12H22N2O3. The number of amides is 1. The lowest BCUT2D eigenvalue weighted by Crippen LogP contribution is -2.53. The number of nitrogens with two attached hydrogens (primary N) is 1. The summed E-state index contributed by atoms with van der Waals surface area (Å²) in [7, 11) is 1.71. The number of carbonyl (C=O) groups excluding carboxylic acids is 1. The number of carbonyl (C=O) groups is 1. The molecule has 2 rings (SSSR count). The second-order valence-corrected chi connectivity index (χ2v) is 5.33. The zero-order valence-corrected chi connectivity index (χ0v) is 10.6. The van der Waals surface area contributed by atoms with Crippen LogP contribution in [0.1, 0.15) is 19.8 Å². The van der Waals surface area contributed by atoms with Gasteiger partial charge in [-0.25, -0.2) is 0 Å². The van der Waals surface area contributed by atoms with Gasteiger partial charge in [0, 0.05) is 26.2 Å². The number of methoxy groups -OCH3 is 1. The van der Waals surface area contributed by atoms with E-state index in [0.717, 1.165) is 19.4 Å². The van der Waals surface area contributed by atoms with Gasteiger partial charge in [-0.05, 0) is 19.8 Å². The average molecular weight is 242 g/mol. The Balaban J connectivity index is 1.99. The van der Waals surface area contributed by atoms with Crippen molar-refractivity contribution in [1.29, 1.82) is 0 Å². The Kier molecular flexibility index (Phi) is 3.70. The van der Waals surface area contributed by atoms with Gasteiger partial charge in [-0.2, -0.15) is 0 Å². The maximum absolute atomic E-state index is 12.3. The summed E-state index contributed by atoms with van der Waals surface area (Å²) in [5.74, 6) is -0.0489. The predicted octanol–water partition coefficient (Wildman–Crippen LogP) is -0.0124. The molecule has 3 atom stereocenters. The smallest absolute Gasteiger partial charge is 0.229 e. The van der Waals surface area contributed by atoms with Crippen LogP contribution in [0.25, 0.3) is 0 Å². The first-order valence-corrected chi connectivity index (χ1v) is 6.23. The van der Waals surface area contributed by atoms with E-state index in [4.69, 9.17) is 15.2 Å². The number of piperidine rings is 1. The van der Waals surface area contributed by atoms with Crippen molar-refractivity contribution in [2.45, 2.75) is 31.4 Å². The van der Waals surface area contributed by atoms with Crippen LogP contribution >= 0.6 is 0 Å². The third-order valence-electron chi connectivity index (χ3n) is 3.91. The quantitative estimate of drug-likeness (QED) is 0.739. The molecule has 2 saturated heterocycles. The Labute approximate surface area is 102 Å². The number of nitrogens with zero attached hydrogens (tertiary/aromatic N) is 1. The second-order valence-electron chi connectivity index (χ2n) is 5.33. The fourth-order valence-corrected chi connectivity index (χ4v) is 2.62. The molecule has 0 saturated carbocycles. The fraction of sp³-hybridized carbons (Fsp3) is 0.917. The van der Waals surface area contributed by atoms with Crippen LogP contribution in [0.3, 0.4) is 0 Å². The van der Waals surface area contributed by atoms with Crippen LogP contribution in [0.15, 0.2) is 0 Å². The zero-order chi connectivity index (χ0) is 12.5. The first kappa shape index (κ1) is 12.8. The summed E-state index contributed by atoms with van der Waals surface area (Å²) >= 11 is 0. The van der Waals surface area contributed by atoms with Gasteiger partial charge in [-0.3, -0.25) is 4.79 Å². The van der Waals surface area contributed by atoms with Gasteiger partial charge in [0.05, 0.1) is 24.7 Å². The van der Waals surface area contributed by atoms with Crippen LogP contribution in [0.2, 0.25) is 0 Å². The maximum Gasteiger partial charge on any atom is 0.229 e. The van der Waals surface area contributed by atoms with Crippen LogP contribution in [-0.4, -0.2) is 55.9 Å². The highest BCUT2D eigenvalue weighted by molar-refractivity contribution is 5.80. The lowest BCUT2D eigenvalue weighted by Gasteiger charge is -2.40. The Morgan fingerprint density at radius 1 is 1.53 bits per heavy atom. The maximum atomic E-state index is 12.3. The average Bonchev–Trinajstić information content (AvgIpc) is 2.75. The van der Waals surface area contributed by atoms with Crippen molar-refractivity contribution < 1.29 is 14.3 Å². The number of rotatable bonds is 2. The third-order valence-corrected chi connectivity index (χ3v) is 3.91. The van der Waals surface area contributed by atoms with Gasteiger partial charge in [0.15, 0.2) is 0 Å². The topological polar surface area (TPSA) is 64.8 Å². The highest BCUT2D eigenvalue weighted by Crippen LogP contribution is 2.26. The lowest BCUT2D eigenvalue weighted by molar-refractivity contribution is -0.143. The molecule has 0 aliphatic carbocycles. The summed E-state index contributed by atoms with van der Waals surface area (Å²) in [6, 6.07) is -0.154. The Morgan fingerprint density at radius 2 is 2.29 bits per heavy atom. The Hall–Kier alpha value is -0.650. The molecule has 5 heteroatoms. The summed E-state index contributed by atoms with van der Waals surface area (Å²) in [6.45, 7) is 4.47. The first-order chi connectivity index (χ1) is 8.06. The SMILES string of the molecule is COC1(C)CCCN(C(=O)C2COCC2N)C1. The van der Waals surface area contributed by atoms with E-state index in [1.807, 2.05) is 4.90 Å². The van der Waals surface area contributed by atoms with Crippen molar-refractivity contribution in [2.24, 2.45) is 11.7 Å². The molecule has 0 aromatic carbocycles. The van der Waals surface area contributed by atoms with Crippen LogP contribution in [0, 0.1) is 5.92 Å². The molecule has 2 aliphatic heterocycles. The normalized spacial score (nSPS) is 38.4. The van der Waals surface area contributed by atoms with Gasteiger partial charge >= 0.3 is 0 Å². The van der Waals surface area contributed by atoms with E-state index in [-0.39, 0.29) is 23.5 Å². The van der Waals surface area contributed by atoms with Crippen LogP contribution in [-0.2, 0) is 14.3 Å². The minimum absolute atomic E-state index is 0.123. The minimum atomic E-state index is -0.211. The largest absolute Gasteiger partial charge is 0.379 e. The number of hydrogen-bond acceptors (Lipinski definition) is 4. The molecule has 17 heavy (non-hydrogen) atoms. The summed E-state index contributed by atoms with van der Waals surface area (Å²) < 4.78 is 10.7. The summed E-state index contributed by atoms with van der Waals surface area (Å²) in [4.78, 5) is 14.2. The van der Waals surface area contributed by atoms with E-state index in [0.29, 0.717) is 19.8 Å². The van der Waals surface area contributed by atoms with Gasteiger partial charge < -0.3 is 20.1 Å². The molecule has 98 valence electrons. The molecule has 5 nitrogen and oxygen atoms in total. The molecule has 0 aromatic heterocycles. The highest BCUT2D eigenvalue weighted by atomic mass is 16.5. The van der Waals surface area contributed by atoms with Crippen molar-refractivity contribution >= 4 is 5.91 Å². The van der Waals surface area contributed by atoms with E-state index >= 15 is 0 Å². The number of likely N-dealkylation sites (tertiary alicyclic amines) is 1. The van der Waals surface area contributed by atoms with Crippen molar-refractivity contribution in [1.82, 2.24) is 4.90 Å². The molecule has 0 radical (unpaired) electrons. The van der Waals surface area contributed by atoms with Crippen molar-refractivity contribution in [3.8, 4) is 0 Å². The van der Waals surface area contributed by atoms with Gasteiger partial charge in [0.2, 0.25) is 5.91 Å². The molecule has 0 bridgehead atoms. The molecular weight excluding hydrogens is 220 g/mol. The monoisotopic (exact) mass is 242 g/mol. The zero-order valence-electron chi connectivity index (χ0n) is 10.6. The lowest BCUT2D eigenvalue weighted by atomic mass is 9.93. The Morgan fingerprint density at radius 3 is 2.88 bits per heavy atom. The summed E-state index contributed by atoms with van der Waals surface area (Å²) in [5, 5.41) is 0. The van der Waals surface area contributed by atoms with Crippen LogP contribution in [0.5, 0.6) is 0 Å². The predicted molar refractivity (Wildman–Crippen MR) is 63.5 cm³/mol. The van der Waals surface area contributed by atoms with Crippen LogP contribution < -0.4 is 5.73 Å². The van der Waals surface area contributed by atoms with Gasteiger partial charge in [0.1, 0.15) is 0 Å². The van der Waals surface area contributed by atoms with Gasteiger partial charge in [0.25, 0.3) is 0 Å². The second kappa shape index (κ2) is 4.92. The molecule has 2 N–H and O–H groups in total. The molecule has 2 fully saturated rings. The third kappa shape index (κ3) is 2.61. The van der Waals surface area contributed by atoms with Crippen molar-refractivity contribution in [3.05, 3.63) is 0 Å². The van der Waals surface area contributed by atoms with E-state index in [1.165, 1.54) is 0 Å². The van der Waals surface area contributed by atoms with Gasteiger partial charge in [-0.1, -0.05) is 0 Å². The standard InChI is InChI=1S/C12H22N2O3/c1-12(16-2)4-3-5-14(8-12)11(15)9-6-17-7-10(9)13/h9-10H,3-8,13H2,1-2H3. The van der Waals surface area contributed by atoms with Crippen molar-refractivity contribution in [2.75, 3.05) is 33.4 Å². The highest BCUT2D eigenvalue weighted by Gasteiger charge is 2.39. The molecule has 3 unspecified atom stereocenters. The van der Waals surface area contributed by atoms with E-state index in [2.05, 4.69) is 6.92 Å². The van der Waals surface area contributed by atoms with E-state index < -0.39 is 0 Å². The summed E-state index contributed by atoms with van der Waals surface area (Å²) in [5.41, 5.74) is 5.67. The first-order valence-electron chi connectivity index (χ1n) is 6.23. The molecule has 1 amide bonds.